The molecule has 1 atom stereocenters. The number of aromatic nitrogens is 2. The Labute approximate surface area is 109 Å². The van der Waals surface area contributed by atoms with Gasteiger partial charge in [0.05, 0.1) is 11.5 Å². The molecule has 2 rings (SSSR count). The molecule has 0 fully saturated rings. The van der Waals surface area contributed by atoms with E-state index in [4.69, 9.17) is 0 Å². The van der Waals surface area contributed by atoms with Crippen LogP contribution in [0.3, 0.4) is 0 Å². The van der Waals surface area contributed by atoms with Gasteiger partial charge in [-0.3, -0.25) is 0 Å². The SMILES string of the molecule is CC.CCC(C)(C#N)c1ccn2c(C)cnc2c1. The zero-order valence-corrected chi connectivity index (χ0v) is 11.9. The normalized spacial score (nSPS) is 13.3. The van der Waals surface area contributed by atoms with Crippen molar-refractivity contribution in [3.8, 4) is 6.07 Å². The molecule has 0 aliphatic rings. The zero-order chi connectivity index (χ0) is 13.8. The van der Waals surface area contributed by atoms with Gasteiger partial charge < -0.3 is 4.40 Å². The molecule has 0 aliphatic carbocycles. The van der Waals surface area contributed by atoms with Gasteiger partial charge in [-0.1, -0.05) is 20.8 Å². The van der Waals surface area contributed by atoms with Gasteiger partial charge in [0.2, 0.25) is 0 Å². The van der Waals surface area contributed by atoms with E-state index in [1.807, 2.05) is 63.5 Å². The Kier molecular flexibility index (Phi) is 4.49. The molecule has 0 radical (unpaired) electrons. The summed E-state index contributed by atoms with van der Waals surface area (Å²) in [6, 6.07) is 6.39. The van der Waals surface area contributed by atoms with Crippen LogP contribution in [-0.4, -0.2) is 9.38 Å². The first-order valence-corrected chi connectivity index (χ1v) is 6.46. The molecule has 0 spiro atoms. The van der Waals surface area contributed by atoms with Crippen LogP contribution < -0.4 is 0 Å². The average Bonchev–Trinajstić information content (AvgIpc) is 2.81. The van der Waals surface area contributed by atoms with Crippen molar-refractivity contribution in [3.63, 3.8) is 0 Å². The van der Waals surface area contributed by atoms with Gasteiger partial charge in [0, 0.05) is 18.1 Å². The van der Waals surface area contributed by atoms with Crippen LogP contribution in [0.2, 0.25) is 0 Å². The average molecular weight is 243 g/mol. The Morgan fingerprint density at radius 3 is 2.67 bits per heavy atom. The lowest BCUT2D eigenvalue weighted by molar-refractivity contribution is 0.586. The van der Waals surface area contributed by atoms with Gasteiger partial charge in [0.25, 0.3) is 0 Å². The second-order valence-corrected chi connectivity index (χ2v) is 4.34. The Bertz CT molecular complexity index is 563. The van der Waals surface area contributed by atoms with Gasteiger partial charge >= 0.3 is 0 Å². The van der Waals surface area contributed by atoms with Crippen molar-refractivity contribution in [2.24, 2.45) is 0 Å². The fourth-order valence-corrected chi connectivity index (χ4v) is 1.80. The molecule has 2 heterocycles. The summed E-state index contributed by atoms with van der Waals surface area (Å²) >= 11 is 0. The van der Waals surface area contributed by atoms with E-state index in [9.17, 15) is 5.26 Å². The summed E-state index contributed by atoms with van der Waals surface area (Å²) in [4.78, 5) is 4.31. The van der Waals surface area contributed by atoms with Crippen LogP contribution in [0.4, 0.5) is 0 Å². The standard InChI is InChI=1S/C13H15N3.C2H6/c1-4-13(3,9-14)11-5-6-16-10(2)8-15-12(16)7-11;1-2/h5-8H,4H2,1-3H3;1-2H3. The van der Waals surface area contributed by atoms with Crippen molar-refractivity contribution in [2.75, 3.05) is 0 Å². The minimum atomic E-state index is -0.415. The molecule has 0 N–H and O–H groups in total. The number of nitrogens with zero attached hydrogens (tertiary/aromatic N) is 3. The molecule has 0 aliphatic heterocycles. The largest absolute Gasteiger partial charge is 0.304 e. The molecule has 3 heteroatoms. The van der Waals surface area contributed by atoms with Gasteiger partial charge in [-0.15, -0.1) is 0 Å². The summed E-state index contributed by atoms with van der Waals surface area (Å²) in [5, 5.41) is 9.24. The van der Waals surface area contributed by atoms with Crippen LogP contribution >= 0.6 is 0 Å². The molecule has 0 aromatic carbocycles. The molecule has 3 nitrogen and oxygen atoms in total. The molecule has 0 bridgehead atoms. The topological polar surface area (TPSA) is 41.1 Å². The van der Waals surface area contributed by atoms with Crippen molar-refractivity contribution >= 4 is 5.65 Å². The third-order valence-corrected chi connectivity index (χ3v) is 3.29. The number of aryl methyl sites for hydroxylation is 1. The lowest BCUT2D eigenvalue weighted by Gasteiger charge is -2.19. The number of hydrogen-bond acceptors (Lipinski definition) is 2. The highest BCUT2D eigenvalue weighted by molar-refractivity contribution is 5.46. The summed E-state index contributed by atoms with van der Waals surface area (Å²) in [7, 11) is 0. The molecule has 2 aromatic heterocycles. The molecular weight excluding hydrogens is 222 g/mol. The highest BCUT2D eigenvalue weighted by Crippen LogP contribution is 2.27. The van der Waals surface area contributed by atoms with Gasteiger partial charge in [-0.2, -0.15) is 5.26 Å². The second-order valence-electron chi connectivity index (χ2n) is 4.34. The smallest absolute Gasteiger partial charge is 0.137 e. The van der Waals surface area contributed by atoms with Crippen LogP contribution in [0.25, 0.3) is 5.65 Å². The zero-order valence-electron chi connectivity index (χ0n) is 11.9. The van der Waals surface area contributed by atoms with E-state index in [2.05, 4.69) is 11.1 Å². The molecular formula is C15H21N3. The van der Waals surface area contributed by atoms with Gasteiger partial charge in [-0.05, 0) is 38.0 Å². The van der Waals surface area contributed by atoms with Crippen LogP contribution in [0.5, 0.6) is 0 Å². The van der Waals surface area contributed by atoms with E-state index < -0.39 is 5.41 Å². The first-order chi connectivity index (χ1) is 8.60. The number of fused-ring (bicyclic) bond motifs is 1. The van der Waals surface area contributed by atoms with Crippen molar-refractivity contribution in [1.82, 2.24) is 9.38 Å². The van der Waals surface area contributed by atoms with Crippen LogP contribution in [0.1, 0.15) is 45.4 Å². The third kappa shape index (κ3) is 2.38. The maximum absolute atomic E-state index is 9.24. The molecule has 2 aromatic rings. The van der Waals surface area contributed by atoms with E-state index in [1.165, 1.54) is 0 Å². The molecule has 18 heavy (non-hydrogen) atoms. The van der Waals surface area contributed by atoms with E-state index in [1.54, 1.807) is 0 Å². The Hall–Kier alpha value is -1.82. The highest BCUT2D eigenvalue weighted by atomic mass is 15.0. The number of nitriles is 1. The Morgan fingerprint density at radius 1 is 1.44 bits per heavy atom. The predicted molar refractivity (Wildman–Crippen MR) is 74.5 cm³/mol. The molecule has 0 saturated heterocycles. The lowest BCUT2D eigenvalue weighted by atomic mass is 9.82. The van der Waals surface area contributed by atoms with Gasteiger partial charge in [-0.25, -0.2) is 4.98 Å². The summed E-state index contributed by atoms with van der Waals surface area (Å²) in [5.41, 5.74) is 2.64. The number of rotatable bonds is 2. The van der Waals surface area contributed by atoms with E-state index in [0.717, 1.165) is 23.3 Å². The van der Waals surface area contributed by atoms with Crippen molar-refractivity contribution in [2.45, 2.75) is 46.5 Å². The minimum absolute atomic E-state index is 0.415. The Morgan fingerprint density at radius 2 is 2.11 bits per heavy atom. The molecule has 96 valence electrons. The van der Waals surface area contributed by atoms with E-state index in [0.29, 0.717) is 0 Å². The predicted octanol–water partition coefficient (Wildman–Crippen LogP) is 3.86. The minimum Gasteiger partial charge on any atom is -0.304 e. The number of hydrogen-bond donors (Lipinski definition) is 0. The third-order valence-electron chi connectivity index (χ3n) is 3.29. The maximum Gasteiger partial charge on any atom is 0.137 e. The Balaban J connectivity index is 0.000000771. The quantitative estimate of drug-likeness (QED) is 0.803. The lowest BCUT2D eigenvalue weighted by Crippen LogP contribution is -2.18. The summed E-state index contributed by atoms with van der Waals surface area (Å²) in [5.74, 6) is 0. The number of imidazole rings is 1. The summed E-state index contributed by atoms with van der Waals surface area (Å²) in [6.45, 7) is 10.0. The van der Waals surface area contributed by atoms with Crippen LogP contribution in [0.15, 0.2) is 24.5 Å². The molecule has 0 amide bonds. The second kappa shape index (κ2) is 5.68. The van der Waals surface area contributed by atoms with Crippen LogP contribution in [0, 0.1) is 18.3 Å². The number of pyridine rings is 1. The van der Waals surface area contributed by atoms with Crippen molar-refractivity contribution in [1.29, 1.82) is 5.26 Å². The highest BCUT2D eigenvalue weighted by Gasteiger charge is 2.24. The van der Waals surface area contributed by atoms with Gasteiger partial charge in [0.15, 0.2) is 0 Å². The van der Waals surface area contributed by atoms with Gasteiger partial charge in [0.1, 0.15) is 5.65 Å². The van der Waals surface area contributed by atoms with E-state index in [-0.39, 0.29) is 0 Å². The fraction of sp³-hybridized carbons (Fsp3) is 0.467. The van der Waals surface area contributed by atoms with Crippen molar-refractivity contribution in [3.05, 3.63) is 35.8 Å². The summed E-state index contributed by atoms with van der Waals surface area (Å²) < 4.78 is 2.02. The fourth-order valence-electron chi connectivity index (χ4n) is 1.80. The maximum atomic E-state index is 9.24. The van der Waals surface area contributed by atoms with E-state index >= 15 is 0 Å². The van der Waals surface area contributed by atoms with Crippen molar-refractivity contribution < 1.29 is 0 Å². The monoisotopic (exact) mass is 243 g/mol. The summed E-state index contributed by atoms with van der Waals surface area (Å²) in [6.07, 6.45) is 4.63. The molecule has 1 unspecified atom stereocenters. The molecule has 0 saturated carbocycles. The van der Waals surface area contributed by atoms with Crippen LogP contribution in [-0.2, 0) is 5.41 Å². The first kappa shape index (κ1) is 14.2. The first-order valence-electron chi connectivity index (χ1n) is 6.46.